The lowest BCUT2D eigenvalue weighted by atomic mass is 9.79. The second kappa shape index (κ2) is 9.62. The summed E-state index contributed by atoms with van der Waals surface area (Å²) in [5, 5.41) is 2.89. The van der Waals surface area contributed by atoms with Crippen molar-refractivity contribution in [3.63, 3.8) is 0 Å². The van der Waals surface area contributed by atoms with Gasteiger partial charge >= 0.3 is 0 Å². The molecule has 6 nitrogen and oxygen atoms in total. The quantitative estimate of drug-likeness (QED) is 0.692. The molecule has 2 atom stereocenters. The minimum Gasteiger partial charge on any atom is -0.383 e. The summed E-state index contributed by atoms with van der Waals surface area (Å²) in [4.78, 5) is 28.1. The van der Waals surface area contributed by atoms with E-state index in [9.17, 15) is 14.0 Å². The van der Waals surface area contributed by atoms with Crippen molar-refractivity contribution in [2.75, 3.05) is 40.5 Å². The van der Waals surface area contributed by atoms with Crippen LogP contribution in [0.25, 0.3) is 0 Å². The van der Waals surface area contributed by atoms with E-state index < -0.39 is 12.0 Å². The van der Waals surface area contributed by atoms with Crippen LogP contribution in [0.5, 0.6) is 0 Å². The minimum absolute atomic E-state index is 0.173. The third-order valence-corrected chi connectivity index (χ3v) is 5.07. The van der Waals surface area contributed by atoms with Crippen molar-refractivity contribution < 1.29 is 23.5 Å². The summed E-state index contributed by atoms with van der Waals surface area (Å²) in [7, 11) is 3.12. The Morgan fingerprint density at radius 2 is 1.76 bits per heavy atom. The molecule has 1 heterocycles. The summed E-state index contributed by atoms with van der Waals surface area (Å²) in [5.41, 5.74) is 1.85. The number of fused-ring (bicyclic) bond motifs is 1. The fourth-order valence-corrected chi connectivity index (χ4v) is 3.73. The molecule has 0 spiro atoms. The maximum Gasteiger partial charge on any atom is 0.254 e. The van der Waals surface area contributed by atoms with Gasteiger partial charge in [-0.3, -0.25) is 9.59 Å². The van der Waals surface area contributed by atoms with E-state index in [-0.39, 0.29) is 17.6 Å². The van der Waals surface area contributed by atoms with Gasteiger partial charge in [-0.1, -0.05) is 30.3 Å². The summed E-state index contributed by atoms with van der Waals surface area (Å²) in [6.45, 7) is 1.38. The van der Waals surface area contributed by atoms with Gasteiger partial charge in [0, 0.05) is 32.9 Å². The van der Waals surface area contributed by atoms with Crippen LogP contribution in [0.1, 0.15) is 33.4 Å². The first kappa shape index (κ1) is 21.0. The molecule has 0 radical (unpaired) electrons. The normalized spacial score (nSPS) is 18.4. The average Bonchev–Trinajstić information content (AvgIpc) is 2.73. The lowest BCUT2D eigenvalue weighted by molar-refractivity contribution is -0.124. The molecule has 2 amide bonds. The lowest BCUT2D eigenvalue weighted by Gasteiger charge is -2.41. The van der Waals surface area contributed by atoms with Gasteiger partial charge in [-0.25, -0.2) is 4.39 Å². The number of hydrogen-bond acceptors (Lipinski definition) is 4. The molecule has 1 N–H and O–H groups in total. The van der Waals surface area contributed by atoms with E-state index in [0.717, 1.165) is 0 Å². The van der Waals surface area contributed by atoms with E-state index in [1.165, 1.54) is 12.1 Å². The number of benzene rings is 2. The number of halogens is 1. The highest BCUT2D eigenvalue weighted by molar-refractivity contribution is 6.01. The smallest absolute Gasteiger partial charge is 0.254 e. The average molecular weight is 400 g/mol. The first-order chi connectivity index (χ1) is 14.1. The number of nitrogens with one attached hydrogen (secondary N) is 1. The van der Waals surface area contributed by atoms with Gasteiger partial charge in [-0.2, -0.15) is 0 Å². The number of carbonyl (C=O) groups is 2. The topological polar surface area (TPSA) is 67.9 Å². The van der Waals surface area contributed by atoms with E-state index >= 15 is 0 Å². The second-order valence-corrected chi connectivity index (χ2v) is 6.84. The van der Waals surface area contributed by atoms with Gasteiger partial charge in [0.2, 0.25) is 5.91 Å². The summed E-state index contributed by atoms with van der Waals surface area (Å²) >= 11 is 0. The van der Waals surface area contributed by atoms with E-state index in [4.69, 9.17) is 9.47 Å². The number of carbonyl (C=O) groups excluding carboxylic acids is 2. The molecule has 0 bridgehead atoms. The standard InChI is InChI=1S/C22H25FN2O4/c1-28-13-11-24-21(26)19-17-5-3-4-6-18(17)22(27)25(12-14-29-2)20(19)15-7-9-16(23)10-8-15/h3-10,19-20H,11-14H2,1-2H3,(H,24,26)/t19-,20-/m1/s1. The van der Waals surface area contributed by atoms with Gasteiger partial charge < -0.3 is 19.7 Å². The van der Waals surface area contributed by atoms with Crippen LogP contribution in [0, 0.1) is 5.82 Å². The number of ether oxygens (including phenoxy) is 2. The van der Waals surface area contributed by atoms with E-state index in [1.54, 1.807) is 49.5 Å². The highest BCUT2D eigenvalue weighted by Gasteiger charge is 2.43. The number of amides is 2. The van der Waals surface area contributed by atoms with Gasteiger partial charge in [0.15, 0.2) is 0 Å². The Bertz CT molecular complexity index is 856. The van der Waals surface area contributed by atoms with E-state index in [2.05, 4.69) is 5.32 Å². The molecule has 1 aliphatic heterocycles. The zero-order valence-corrected chi connectivity index (χ0v) is 16.6. The van der Waals surface area contributed by atoms with Crippen LogP contribution < -0.4 is 5.32 Å². The van der Waals surface area contributed by atoms with Crippen molar-refractivity contribution in [1.29, 1.82) is 0 Å². The van der Waals surface area contributed by atoms with Crippen LogP contribution in [0.15, 0.2) is 48.5 Å². The van der Waals surface area contributed by atoms with Crippen molar-refractivity contribution in [1.82, 2.24) is 10.2 Å². The van der Waals surface area contributed by atoms with Crippen LogP contribution in [0.2, 0.25) is 0 Å². The highest BCUT2D eigenvalue weighted by atomic mass is 19.1. The highest BCUT2D eigenvalue weighted by Crippen LogP contribution is 2.42. The first-order valence-electron chi connectivity index (χ1n) is 9.49. The first-order valence-corrected chi connectivity index (χ1v) is 9.49. The molecule has 154 valence electrons. The van der Waals surface area contributed by atoms with Crippen LogP contribution in [-0.4, -0.2) is 57.2 Å². The zero-order valence-electron chi connectivity index (χ0n) is 16.6. The van der Waals surface area contributed by atoms with Crippen LogP contribution in [0.3, 0.4) is 0 Å². The second-order valence-electron chi connectivity index (χ2n) is 6.84. The fourth-order valence-electron chi connectivity index (χ4n) is 3.73. The Morgan fingerprint density at radius 3 is 2.45 bits per heavy atom. The molecule has 0 saturated heterocycles. The van der Waals surface area contributed by atoms with Gasteiger partial charge in [-0.15, -0.1) is 0 Å². The molecular formula is C22H25FN2O4. The Kier molecular flexibility index (Phi) is 6.95. The fraction of sp³-hybridized carbons (Fsp3) is 0.364. The van der Waals surface area contributed by atoms with Gasteiger partial charge in [0.25, 0.3) is 5.91 Å². The number of methoxy groups -OCH3 is 2. The molecule has 3 rings (SSSR count). The lowest BCUT2D eigenvalue weighted by Crippen LogP contribution is -2.48. The van der Waals surface area contributed by atoms with E-state index in [1.807, 2.05) is 6.07 Å². The maximum absolute atomic E-state index is 13.5. The SMILES string of the molecule is COCCNC(=O)[C@@H]1c2ccccc2C(=O)N(CCOC)[C@@H]1c1ccc(F)cc1. The number of hydrogen-bond donors (Lipinski definition) is 1. The van der Waals surface area contributed by atoms with Gasteiger partial charge in [0.05, 0.1) is 25.2 Å². The van der Waals surface area contributed by atoms with Crippen molar-refractivity contribution >= 4 is 11.8 Å². The van der Waals surface area contributed by atoms with Crippen LogP contribution in [-0.2, 0) is 14.3 Å². The molecule has 0 aliphatic carbocycles. The molecule has 0 aromatic heterocycles. The molecule has 0 unspecified atom stereocenters. The number of rotatable bonds is 8. The molecule has 0 fully saturated rings. The molecule has 2 aromatic rings. The number of nitrogens with zero attached hydrogens (tertiary/aromatic N) is 1. The Balaban J connectivity index is 2.09. The van der Waals surface area contributed by atoms with Crippen LogP contribution in [0.4, 0.5) is 4.39 Å². The predicted molar refractivity (Wildman–Crippen MR) is 106 cm³/mol. The molecular weight excluding hydrogens is 375 g/mol. The predicted octanol–water partition coefficient (Wildman–Crippen LogP) is 2.52. The van der Waals surface area contributed by atoms with Crippen LogP contribution >= 0.6 is 0 Å². The molecule has 7 heteroatoms. The summed E-state index contributed by atoms with van der Waals surface area (Å²) in [5.74, 6) is -1.39. The largest absolute Gasteiger partial charge is 0.383 e. The summed E-state index contributed by atoms with van der Waals surface area (Å²) < 4.78 is 23.8. The Labute approximate surface area is 169 Å². The third kappa shape index (κ3) is 4.46. The zero-order chi connectivity index (χ0) is 20.8. The Morgan fingerprint density at radius 1 is 1.07 bits per heavy atom. The maximum atomic E-state index is 13.5. The molecule has 29 heavy (non-hydrogen) atoms. The monoisotopic (exact) mass is 400 g/mol. The molecule has 1 aliphatic rings. The summed E-state index contributed by atoms with van der Waals surface area (Å²) in [6, 6.07) is 12.5. The molecule has 2 aromatic carbocycles. The van der Waals surface area contributed by atoms with Crippen molar-refractivity contribution in [2.45, 2.75) is 12.0 Å². The minimum atomic E-state index is -0.636. The molecule has 0 saturated carbocycles. The third-order valence-electron chi connectivity index (χ3n) is 5.07. The van der Waals surface area contributed by atoms with Crippen molar-refractivity contribution in [3.05, 3.63) is 71.0 Å². The van der Waals surface area contributed by atoms with Gasteiger partial charge in [0.1, 0.15) is 5.82 Å². The van der Waals surface area contributed by atoms with Gasteiger partial charge in [-0.05, 0) is 29.3 Å². The van der Waals surface area contributed by atoms with Crippen molar-refractivity contribution in [2.24, 2.45) is 0 Å². The Hall–Kier alpha value is -2.77. The summed E-state index contributed by atoms with van der Waals surface area (Å²) in [6.07, 6.45) is 0. The van der Waals surface area contributed by atoms with E-state index in [0.29, 0.717) is 43.0 Å². The van der Waals surface area contributed by atoms with Crippen molar-refractivity contribution in [3.8, 4) is 0 Å².